The summed E-state index contributed by atoms with van der Waals surface area (Å²) in [7, 11) is 1.66. The van der Waals surface area contributed by atoms with Gasteiger partial charge in [0, 0.05) is 33.9 Å². The number of thiazole rings is 1. The number of tetrazole rings is 1. The fourth-order valence-corrected chi connectivity index (χ4v) is 8.36. The minimum atomic E-state index is -1.25. The molecular formula is C22H19ClN8O6S4. The molecule has 3 atom stereocenters. The number of amides is 2. The van der Waals surface area contributed by atoms with Gasteiger partial charge in [0.1, 0.15) is 22.4 Å². The van der Waals surface area contributed by atoms with E-state index in [0.717, 1.165) is 23.1 Å². The minimum absolute atomic E-state index is 0.101. The first kappa shape index (κ1) is 29.2. The molecule has 2 unspecified atom stereocenters. The Kier molecular flexibility index (Phi) is 8.46. The molecule has 4 heterocycles. The Morgan fingerprint density at radius 3 is 2.71 bits per heavy atom. The molecule has 214 valence electrons. The van der Waals surface area contributed by atoms with Crippen molar-refractivity contribution in [2.45, 2.75) is 26.7 Å². The van der Waals surface area contributed by atoms with Gasteiger partial charge in [0.2, 0.25) is 11.1 Å². The Balaban J connectivity index is 1.35. The third-order valence-corrected chi connectivity index (χ3v) is 10.6. The van der Waals surface area contributed by atoms with Crippen molar-refractivity contribution in [1.82, 2.24) is 35.4 Å². The fourth-order valence-electron chi connectivity index (χ4n) is 4.09. The summed E-state index contributed by atoms with van der Waals surface area (Å²) < 4.78 is 1.46. The van der Waals surface area contributed by atoms with E-state index in [2.05, 4.69) is 25.8 Å². The molecule has 1 fully saturated rings. The van der Waals surface area contributed by atoms with Crippen LogP contribution in [-0.2, 0) is 21.4 Å². The molecule has 0 bridgehead atoms. The molecule has 0 aliphatic carbocycles. The number of nitrogen functional groups attached to an aromatic ring is 1. The van der Waals surface area contributed by atoms with Crippen LogP contribution in [0.1, 0.15) is 21.3 Å². The quantitative estimate of drug-likeness (QED) is 0.182. The first-order valence-electron chi connectivity index (χ1n) is 11.5. The van der Waals surface area contributed by atoms with Crippen LogP contribution >= 0.6 is 58.2 Å². The lowest BCUT2D eigenvalue weighted by molar-refractivity contribution is -0.150. The van der Waals surface area contributed by atoms with E-state index in [4.69, 9.17) is 17.3 Å². The molecule has 5 rings (SSSR count). The van der Waals surface area contributed by atoms with Crippen LogP contribution < -0.4 is 11.1 Å². The van der Waals surface area contributed by atoms with E-state index < -0.39 is 40.4 Å². The van der Waals surface area contributed by atoms with Crippen LogP contribution in [0.25, 0.3) is 0 Å². The number of carbonyl (C=O) groups excluding carboxylic acids is 2. The molecule has 1 saturated heterocycles. The number of nitrogens with two attached hydrogens (primary N) is 1. The number of hydrogen-bond acceptors (Lipinski definition) is 13. The SMILES string of the molecule is Cn1nnnc1SCC1=C(C(=O)O)N2C(=O)C(NC(=O)C(Sc3ccc(Cl)cc3C(=O)O)c3csc(N)n3)[C@H]2SC1. The molecule has 0 radical (unpaired) electrons. The van der Waals surface area contributed by atoms with E-state index in [-0.39, 0.29) is 37.8 Å². The van der Waals surface area contributed by atoms with Crippen molar-refractivity contribution in [2.24, 2.45) is 7.05 Å². The maximum Gasteiger partial charge on any atom is 0.352 e. The normalized spacial score (nSPS) is 19.0. The van der Waals surface area contributed by atoms with Gasteiger partial charge in [0.15, 0.2) is 5.13 Å². The second kappa shape index (κ2) is 11.9. The topological polar surface area (TPSA) is 207 Å². The monoisotopic (exact) mass is 654 g/mol. The number of nitrogens with zero attached hydrogens (tertiary/aromatic N) is 6. The van der Waals surface area contributed by atoms with E-state index in [1.54, 1.807) is 12.4 Å². The number of anilines is 1. The van der Waals surface area contributed by atoms with Crippen molar-refractivity contribution in [2.75, 3.05) is 17.2 Å². The second-order valence-electron chi connectivity index (χ2n) is 8.58. The van der Waals surface area contributed by atoms with Crippen molar-refractivity contribution in [1.29, 1.82) is 0 Å². The molecule has 2 amide bonds. The van der Waals surface area contributed by atoms with Crippen LogP contribution in [0, 0.1) is 0 Å². The Morgan fingerprint density at radius 1 is 1.29 bits per heavy atom. The number of fused-ring (bicyclic) bond motifs is 1. The average Bonchev–Trinajstić information content (AvgIpc) is 3.56. The average molecular weight is 655 g/mol. The van der Waals surface area contributed by atoms with E-state index in [9.17, 15) is 29.4 Å². The lowest BCUT2D eigenvalue weighted by Gasteiger charge is -2.49. The molecule has 2 aromatic heterocycles. The largest absolute Gasteiger partial charge is 0.478 e. The number of carboxylic acids is 2. The van der Waals surface area contributed by atoms with E-state index in [0.29, 0.717) is 16.5 Å². The first-order chi connectivity index (χ1) is 19.5. The van der Waals surface area contributed by atoms with E-state index >= 15 is 0 Å². The van der Waals surface area contributed by atoms with Crippen LogP contribution in [0.2, 0.25) is 5.02 Å². The third kappa shape index (κ3) is 5.87. The predicted molar refractivity (Wildman–Crippen MR) is 153 cm³/mol. The first-order valence-corrected chi connectivity index (χ1v) is 15.7. The molecule has 2 aliphatic heterocycles. The van der Waals surface area contributed by atoms with Gasteiger partial charge in [-0.05, 0) is 34.2 Å². The van der Waals surface area contributed by atoms with Gasteiger partial charge in [-0.1, -0.05) is 23.4 Å². The maximum atomic E-state index is 13.6. The van der Waals surface area contributed by atoms with Crippen LogP contribution in [0.5, 0.6) is 0 Å². The number of hydrogen-bond donors (Lipinski definition) is 4. The number of benzene rings is 1. The summed E-state index contributed by atoms with van der Waals surface area (Å²) >= 11 is 10.6. The Hall–Kier alpha value is -3.32. The van der Waals surface area contributed by atoms with Crippen molar-refractivity contribution < 1.29 is 29.4 Å². The number of aromatic nitrogens is 5. The molecule has 41 heavy (non-hydrogen) atoms. The van der Waals surface area contributed by atoms with Crippen molar-refractivity contribution >= 4 is 87.1 Å². The molecule has 5 N–H and O–H groups in total. The number of carbonyl (C=O) groups is 4. The molecule has 2 aliphatic rings. The minimum Gasteiger partial charge on any atom is -0.478 e. The maximum absolute atomic E-state index is 13.6. The van der Waals surface area contributed by atoms with Crippen molar-refractivity contribution in [3.05, 3.63) is 51.1 Å². The summed E-state index contributed by atoms with van der Waals surface area (Å²) in [6.45, 7) is 0. The highest BCUT2D eigenvalue weighted by Gasteiger charge is 2.54. The lowest BCUT2D eigenvalue weighted by Crippen LogP contribution is -2.70. The molecule has 0 spiro atoms. The Labute approximate surface area is 253 Å². The van der Waals surface area contributed by atoms with E-state index in [1.807, 2.05) is 0 Å². The zero-order chi connectivity index (χ0) is 29.4. The zero-order valence-electron chi connectivity index (χ0n) is 20.8. The van der Waals surface area contributed by atoms with Gasteiger partial charge in [0.25, 0.3) is 5.91 Å². The highest BCUT2D eigenvalue weighted by Crippen LogP contribution is 2.43. The van der Waals surface area contributed by atoms with Gasteiger partial charge in [-0.2, -0.15) is 0 Å². The number of β-lactam (4-membered cyclic amide) rings is 1. The number of aliphatic carboxylic acids is 1. The van der Waals surface area contributed by atoms with Gasteiger partial charge < -0.3 is 21.3 Å². The Morgan fingerprint density at radius 2 is 2.07 bits per heavy atom. The van der Waals surface area contributed by atoms with Crippen LogP contribution in [0.15, 0.2) is 44.9 Å². The molecule has 19 heteroatoms. The van der Waals surface area contributed by atoms with Crippen LogP contribution in [0.4, 0.5) is 5.13 Å². The van der Waals surface area contributed by atoms with Crippen LogP contribution in [0.3, 0.4) is 0 Å². The van der Waals surface area contributed by atoms with Gasteiger partial charge >= 0.3 is 11.9 Å². The summed E-state index contributed by atoms with van der Waals surface area (Å²) in [5.41, 5.74) is 6.37. The van der Waals surface area contributed by atoms with Gasteiger partial charge in [-0.15, -0.1) is 40.0 Å². The summed E-state index contributed by atoms with van der Waals surface area (Å²) in [6.07, 6.45) is 0. The molecule has 14 nitrogen and oxygen atoms in total. The second-order valence-corrected chi connectivity index (χ2v) is 13.1. The Bertz CT molecular complexity index is 1600. The number of nitrogens with one attached hydrogen (secondary N) is 1. The highest BCUT2D eigenvalue weighted by atomic mass is 35.5. The summed E-state index contributed by atoms with van der Waals surface area (Å²) in [6, 6.07) is 3.27. The number of aryl methyl sites for hydroxylation is 1. The molecule has 1 aromatic carbocycles. The summed E-state index contributed by atoms with van der Waals surface area (Å²) in [5.74, 6) is -3.10. The number of thioether (sulfide) groups is 3. The third-order valence-electron chi connectivity index (χ3n) is 5.97. The number of aromatic carboxylic acids is 1. The predicted octanol–water partition coefficient (Wildman–Crippen LogP) is 1.96. The number of halogens is 1. The lowest BCUT2D eigenvalue weighted by atomic mass is 10.0. The van der Waals surface area contributed by atoms with Gasteiger partial charge in [0.05, 0.1) is 11.3 Å². The molecule has 0 saturated carbocycles. The standard InChI is InChI=1S/C22H19ClN8O6S4/c1-30-22(27-28-29-30)40-6-8-5-38-18-13(17(33)31(18)14(8)20(36)37)26-16(32)15(11-7-39-21(24)25-11)41-12-3-2-9(23)4-10(12)19(34)35/h2-4,7,13,15,18H,5-6H2,1H3,(H2,24,25)(H,26,32)(H,34,35)(H,36,37)/t13?,15?,18-/m1/s1. The van der Waals surface area contributed by atoms with E-state index in [1.165, 1.54) is 51.3 Å². The molecular weight excluding hydrogens is 636 g/mol. The number of rotatable bonds is 10. The van der Waals surface area contributed by atoms with Gasteiger partial charge in [-0.25, -0.2) is 19.3 Å². The summed E-state index contributed by atoms with van der Waals surface area (Å²) in [4.78, 5) is 56.4. The van der Waals surface area contributed by atoms with Crippen molar-refractivity contribution in [3.63, 3.8) is 0 Å². The van der Waals surface area contributed by atoms with Gasteiger partial charge in [-0.3, -0.25) is 14.5 Å². The zero-order valence-corrected chi connectivity index (χ0v) is 24.8. The highest BCUT2D eigenvalue weighted by molar-refractivity contribution is 8.01. The summed E-state index contributed by atoms with van der Waals surface area (Å²) in [5, 5.41) is 34.3. The fraction of sp³-hybridized carbons (Fsp3) is 0.273. The smallest absolute Gasteiger partial charge is 0.352 e. The van der Waals surface area contributed by atoms with Crippen LogP contribution in [-0.4, -0.2) is 87.0 Å². The van der Waals surface area contributed by atoms with Crippen molar-refractivity contribution in [3.8, 4) is 0 Å². The number of carboxylic acid groups (broad SMARTS) is 2. The molecule has 3 aromatic rings.